The third kappa shape index (κ3) is 4.55. The molecule has 2 atom stereocenters. The number of hydrogen-bond acceptors (Lipinski definition) is 3. The Balaban J connectivity index is 2.55. The van der Waals surface area contributed by atoms with Crippen molar-refractivity contribution in [3.63, 3.8) is 0 Å². The van der Waals surface area contributed by atoms with Gasteiger partial charge in [0.15, 0.2) is 0 Å². The summed E-state index contributed by atoms with van der Waals surface area (Å²) in [6.07, 6.45) is 3.62. The monoisotopic (exact) mass is 308 g/mol. The van der Waals surface area contributed by atoms with Crippen LogP contribution < -0.4 is 5.32 Å². The van der Waals surface area contributed by atoms with E-state index in [4.69, 9.17) is 23.2 Å². The number of aromatic nitrogens is 1. The van der Waals surface area contributed by atoms with E-state index in [-0.39, 0.29) is 21.3 Å². The van der Waals surface area contributed by atoms with E-state index in [0.29, 0.717) is 18.5 Å². The molecular weight excluding hydrogens is 295 g/mol. The van der Waals surface area contributed by atoms with Gasteiger partial charge in [0.1, 0.15) is 5.15 Å². The molecule has 1 rings (SSSR count). The van der Waals surface area contributed by atoms with Crippen molar-refractivity contribution in [1.82, 2.24) is 10.3 Å². The van der Waals surface area contributed by atoms with Gasteiger partial charge in [0, 0.05) is 35.0 Å². The summed E-state index contributed by atoms with van der Waals surface area (Å²) in [5, 5.41) is 3.22. The third-order valence-corrected chi connectivity index (χ3v) is 4.35. The highest BCUT2D eigenvalue weighted by Gasteiger charge is 2.12. The fourth-order valence-electron chi connectivity index (χ4n) is 1.24. The molecule has 0 aromatic carbocycles. The second-order valence-corrected chi connectivity index (χ2v) is 6.44. The normalized spacial score (nSPS) is 14.0. The van der Waals surface area contributed by atoms with Gasteiger partial charge in [0.25, 0.3) is 5.91 Å². The van der Waals surface area contributed by atoms with Crippen molar-refractivity contribution in [2.24, 2.45) is 0 Å². The Labute approximate surface area is 119 Å². The van der Waals surface area contributed by atoms with Gasteiger partial charge >= 0.3 is 0 Å². The molecule has 1 heterocycles. The van der Waals surface area contributed by atoms with E-state index in [1.807, 2.05) is 6.92 Å². The number of halogens is 2. The van der Waals surface area contributed by atoms with E-state index in [9.17, 15) is 9.00 Å². The minimum atomic E-state index is -0.886. The Morgan fingerprint density at radius 2 is 2.22 bits per heavy atom. The SMILES string of the molecule is CC(CCNC(=O)c1cc(Cl)ncc1Cl)S(C)=O. The highest BCUT2D eigenvalue weighted by atomic mass is 35.5. The largest absolute Gasteiger partial charge is 0.352 e. The topological polar surface area (TPSA) is 59.1 Å². The molecule has 0 aliphatic carbocycles. The first kappa shape index (κ1) is 15.4. The molecule has 1 N–H and O–H groups in total. The summed E-state index contributed by atoms with van der Waals surface area (Å²) in [5.74, 6) is -0.307. The van der Waals surface area contributed by atoms with Crippen LogP contribution in [0.2, 0.25) is 10.2 Å². The van der Waals surface area contributed by atoms with Gasteiger partial charge in [-0.2, -0.15) is 0 Å². The van der Waals surface area contributed by atoms with E-state index in [2.05, 4.69) is 10.3 Å². The number of rotatable bonds is 5. The molecule has 0 aliphatic rings. The Bertz CT molecular complexity index is 468. The number of nitrogens with zero attached hydrogens (tertiary/aromatic N) is 1. The fraction of sp³-hybridized carbons (Fsp3) is 0.455. The highest BCUT2D eigenvalue weighted by molar-refractivity contribution is 7.84. The first-order valence-corrected chi connectivity index (χ1v) is 7.71. The summed E-state index contributed by atoms with van der Waals surface area (Å²) in [6, 6.07) is 1.42. The van der Waals surface area contributed by atoms with Crippen LogP contribution in [0.3, 0.4) is 0 Å². The summed E-state index contributed by atoms with van der Waals surface area (Å²) >= 11 is 11.5. The summed E-state index contributed by atoms with van der Waals surface area (Å²) in [4.78, 5) is 15.6. The van der Waals surface area contributed by atoms with Crippen molar-refractivity contribution < 1.29 is 9.00 Å². The standard InChI is InChI=1S/C11H14Cl2N2O2S/c1-7(18(2)17)3-4-14-11(16)8-5-10(13)15-6-9(8)12/h5-7H,3-4H2,1-2H3,(H,14,16). The molecule has 2 unspecified atom stereocenters. The third-order valence-electron chi connectivity index (χ3n) is 2.47. The minimum Gasteiger partial charge on any atom is -0.352 e. The summed E-state index contributed by atoms with van der Waals surface area (Å²) in [6.45, 7) is 2.31. The molecule has 0 fully saturated rings. The van der Waals surface area contributed by atoms with Crippen LogP contribution in [0, 0.1) is 0 Å². The zero-order valence-electron chi connectivity index (χ0n) is 10.1. The fourth-order valence-corrected chi connectivity index (χ4v) is 2.03. The number of hydrogen-bond donors (Lipinski definition) is 1. The molecule has 1 amide bonds. The van der Waals surface area contributed by atoms with Crippen LogP contribution in [0.4, 0.5) is 0 Å². The molecule has 7 heteroatoms. The number of pyridine rings is 1. The summed E-state index contributed by atoms with van der Waals surface area (Å²) in [7, 11) is -0.886. The van der Waals surface area contributed by atoms with Crippen LogP contribution in [-0.4, -0.2) is 33.2 Å². The number of amides is 1. The van der Waals surface area contributed by atoms with Crippen molar-refractivity contribution in [2.45, 2.75) is 18.6 Å². The van der Waals surface area contributed by atoms with Crippen molar-refractivity contribution in [3.8, 4) is 0 Å². The van der Waals surface area contributed by atoms with Gasteiger partial charge in [0.2, 0.25) is 0 Å². The molecule has 0 radical (unpaired) electrons. The lowest BCUT2D eigenvalue weighted by Crippen LogP contribution is -2.27. The Kier molecular flexibility index (Phi) is 6.05. The second kappa shape index (κ2) is 7.07. The lowest BCUT2D eigenvalue weighted by Gasteiger charge is -2.10. The van der Waals surface area contributed by atoms with Crippen molar-refractivity contribution in [2.75, 3.05) is 12.8 Å². The summed E-state index contributed by atoms with van der Waals surface area (Å²) < 4.78 is 11.1. The number of carbonyl (C=O) groups is 1. The quantitative estimate of drug-likeness (QED) is 0.849. The van der Waals surface area contributed by atoms with Crippen molar-refractivity contribution >= 4 is 39.9 Å². The zero-order chi connectivity index (χ0) is 13.7. The lowest BCUT2D eigenvalue weighted by atomic mass is 10.2. The van der Waals surface area contributed by atoms with Gasteiger partial charge < -0.3 is 5.32 Å². The van der Waals surface area contributed by atoms with Crippen molar-refractivity contribution in [3.05, 3.63) is 28.0 Å². The predicted molar refractivity (Wildman–Crippen MR) is 74.7 cm³/mol. The second-order valence-electron chi connectivity index (χ2n) is 3.84. The molecule has 0 bridgehead atoms. The Morgan fingerprint density at radius 1 is 1.56 bits per heavy atom. The zero-order valence-corrected chi connectivity index (χ0v) is 12.4. The van der Waals surface area contributed by atoms with Gasteiger partial charge in [-0.3, -0.25) is 9.00 Å². The van der Waals surface area contributed by atoms with Crippen molar-refractivity contribution in [1.29, 1.82) is 0 Å². The molecule has 0 aliphatic heterocycles. The van der Waals surface area contributed by atoms with Crippen LogP contribution in [0.5, 0.6) is 0 Å². The van der Waals surface area contributed by atoms with E-state index < -0.39 is 10.8 Å². The molecule has 100 valence electrons. The molecule has 1 aromatic heterocycles. The minimum absolute atomic E-state index is 0.0433. The number of nitrogens with one attached hydrogen (secondary N) is 1. The van der Waals surface area contributed by atoms with E-state index in [0.717, 1.165) is 0 Å². The van der Waals surface area contributed by atoms with Crippen LogP contribution in [0.1, 0.15) is 23.7 Å². The Hall–Kier alpha value is -0.650. The number of carbonyl (C=O) groups excluding carboxylic acids is 1. The van der Waals surface area contributed by atoms with Crippen LogP contribution in [-0.2, 0) is 10.8 Å². The van der Waals surface area contributed by atoms with E-state index >= 15 is 0 Å². The average molecular weight is 309 g/mol. The Morgan fingerprint density at radius 3 is 2.83 bits per heavy atom. The molecule has 18 heavy (non-hydrogen) atoms. The molecule has 1 aromatic rings. The smallest absolute Gasteiger partial charge is 0.252 e. The van der Waals surface area contributed by atoms with Gasteiger partial charge in [-0.1, -0.05) is 30.1 Å². The van der Waals surface area contributed by atoms with Gasteiger partial charge in [-0.15, -0.1) is 0 Å². The maximum absolute atomic E-state index is 11.8. The van der Waals surface area contributed by atoms with Gasteiger partial charge in [0.05, 0.1) is 10.6 Å². The lowest BCUT2D eigenvalue weighted by molar-refractivity contribution is 0.0953. The molecular formula is C11H14Cl2N2O2S. The van der Waals surface area contributed by atoms with Gasteiger partial charge in [-0.25, -0.2) is 4.98 Å². The first-order chi connectivity index (χ1) is 8.41. The molecule has 0 spiro atoms. The van der Waals surface area contributed by atoms with Gasteiger partial charge in [-0.05, 0) is 12.5 Å². The van der Waals surface area contributed by atoms with E-state index in [1.54, 1.807) is 6.26 Å². The maximum atomic E-state index is 11.8. The average Bonchev–Trinajstić information content (AvgIpc) is 2.31. The highest BCUT2D eigenvalue weighted by Crippen LogP contribution is 2.17. The van der Waals surface area contributed by atoms with Crippen LogP contribution >= 0.6 is 23.2 Å². The van der Waals surface area contributed by atoms with Crippen LogP contribution in [0.15, 0.2) is 12.3 Å². The summed E-state index contributed by atoms with van der Waals surface area (Å²) in [5.41, 5.74) is 0.293. The molecule has 0 saturated heterocycles. The van der Waals surface area contributed by atoms with E-state index in [1.165, 1.54) is 12.3 Å². The predicted octanol–water partition coefficient (Wildman–Crippen LogP) is 2.28. The van der Waals surface area contributed by atoms with Crippen LogP contribution in [0.25, 0.3) is 0 Å². The molecule has 4 nitrogen and oxygen atoms in total. The first-order valence-electron chi connectivity index (χ1n) is 5.33. The maximum Gasteiger partial charge on any atom is 0.252 e. The molecule has 0 saturated carbocycles.